The lowest BCUT2D eigenvalue weighted by atomic mass is 10.0. The van der Waals surface area contributed by atoms with E-state index in [4.69, 9.17) is 5.41 Å². The zero-order chi connectivity index (χ0) is 17.3. The fraction of sp³-hybridized carbons (Fsp3) is 0.333. The first-order valence-electron chi connectivity index (χ1n) is 7.91. The molecule has 1 aromatic rings. The molecular formula is C18H20FIN3O+. The Balaban J connectivity index is 1.73. The van der Waals surface area contributed by atoms with Crippen molar-refractivity contribution < 1.29 is 14.1 Å². The van der Waals surface area contributed by atoms with E-state index in [0.717, 1.165) is 21.6 Å². The highest BCUT2D eigenvalue weighted by Gasteiger charge is 2.32. The van der Waals surface area contributed by atoms with Crippen molar-refractivity contribution in [3.8, 4) is 0 Å². The second-order valence-corrected chi connectivity index (χ2v) is 7.49. The number of allylic oxidation sites excluding steroid dienone is 1. The van der Waals surface area contributed by atoms with Crippen LogP contribution in [-0.4, -0.2) is 34.3 Å². The van der Waals surface area contributed by atoms with Crippen LogP contribution in [0.4, 0.5) is 10.1 Å². The maximum Gasteiger partial charge on any atom is 0.181 e. The molecule has 1 atom stereocenters. The van der Waals surface area contributed by atoms with Gasteiger partial charge in [0.25, 0.3) is 0 Å². The Hall–Kier alpha value is -1.54. The lowest BCUT2D eigenvalue weighted by Crippen LogP contribution is -2.30. The molecule has 0 amide bonds. The minimum atomic E-state index is -0.832. The Morgan fingerprint density at radius 3 is 2.83 bits per heavy atom. The maximum atomic E-state index is 13.2. The molecule has 1 heterocycles. The Morgan fingerprint density at radius 2 is 2.25 bits per heavy atom. The smallest absolute Gasteiger partial charge is 0.181 e. The maximum absolute atomic E-state index is 13.2. The van der Waals surface area contributed by atoms with Crippen LogP contribution in [0.2, 0.25) is 0 Å². The quantitative estimate of drug-likeness (QED) is 0.345. The number of nitrogens with zero attached hydrogens (tertiary/aromatic N) is 1. The highest BCUT2D eigenvalue weighted by molar-refractivity contribution is 14.1. The molecule has 0 saturated heterocycles. The van der Waals surface area contributed by atoms with Gasteiger partial charge in [-0.3, -0.25) is 0 Å². The fourth-order valence-electron chi connectivity index (χ4n) is 2.56. The first-order chi connectivity index (χ1) is 11.4. The molecule has 0 bridgehead atoms. The average molecular weight is 440 g/mol. The van der Waals surface area contributed by atoms with E-state index in [1.165, 1.54) is 25.0 Å². The van der Waals surface area contributed by atoms with Crippen LogP contribution in [0.5, 0.6) is 0 Å². The second kappa shape index (κ2) is 7.14. The van der Waals surface area contributed by atoms with Gasteiger partial charge in [-0.1, -0.05) is 0 Å². The van der Waals surface area contributed by atoms with Crippen molar-refractivity contribution in [2.75, 3.05) is 11.9 Å². The molecule has 1 unspecified atom stereocenters. The molecule has 2 aliphatic rings. The molecule has 0 spiro atoms. The van der Waals surface area contributed by atoms with Gasteiger partial charge in [-0.2, -0.15) is 0 Å². The summed E-state index contributed by atoms with van der Waals surface area (Å²) in [5, 5.41) is 21.5. The van der Waals surface area contributed by atoms with E-state index in [9.17, 15) is 9.50 Å². The van der Waals surface area contributed by atoms with Gasteiger partial charge < -0.3 is 15.8 Å². The van der Waals surface area contributed by atoms with Crippen LogP contribution in [0.25, 0.3) is 0 Å². The lowest BCUT2D eigenvalue weighted by molar-refractivity contribution is -0.468. The van der Waals surface area contributed by atoms with Gasteiger partial charge in [0.2, 0.25) is 0 Å². The first-order valence-corrected chi connectivity index (χ1v) is 8.99. The van der Waals surface area contributed by atoms with E-state index in [1.807, 2.05) is 35.0 Å². The molecule has 1 aliphatic heterocycles. The number of hydrogen-bond acceptors (Lipinski definition) is 3. The van der Waals surface area contributed by atoms with Crippen molar-refractivity contribution in [1.82, 2.24) is 0 Å². The van der Waals surface area contributed by atoms with E-state index in [0.29, 0.717) is 17.1 Å². The molecular weight excluding hydrogens is 420 g/mol. The summed E-state index contributed by atoms with van der Waals surface area (Å²) in [6, 6.07) is 4.43. The molecule has 3 rings (SSSR count). The van der Waals surface area contributed by atoms with Crippen LogP contribution >= 0.6 is 22.6 Å². The highest BCUT2D eigenvalue weighted by atomic mass is 127. The van der Waals surface area contributed by atoms with E-state index in [1.54, 1.807) is 19.1 Å². The molecule has 1 fully saturated rings. The Morgan fingerprint density at radius 1 is 1.54 bits per heavy atom. The third kappa shape index (κ3) is 4.30. The SMILES string of the molecule is CC(=N)/C=C(\Nc1ccc(F)cc1I)C(O)C1=C[N+](CC2CC2)=C1. The standard InChI is InChI=1S/C18H20FIN3O/c1-11(21)6-17(22-16-5-4-14(19)7-15(16)20)18(24)13-9-23(10-13)8-12-2-3-12/h4-7,9-10,12,18,21-22,24H,2-3,8H2,1H3/q+1/b17-6-,21-11?. The van der Waals surface area contributed by atoms with Crippen molar-refractivity contribution in [1.29, 1.82) is 5.41 Å². The van der Waals surface area contributed by atoms with Crippen LogP contribution in [-0.2, 0) is 0 Å². The molecule has 126 valence electrons. The largest absolute Gasteiger partial charge is 0.382 e. The van der Waals surface area contributed by atoms with Crippen LogP contribution in [0.1, 0.15) is 19.8 Å². The summed E-state index contributed by atoms with van der Waals surface area (Å²) in [5.41, 5.74) is 2.37. The van der Waals surface area contributed by atoms with Gasteiger partial charge in [0.1, 0.15) is 17.5 Å². The number of aliphatic hydroxyl groups is 1. The summed E-state index contributed by atoms with van der Waals surface area (Å²) in [4.78, 5) is 0. The van der Waals surface area contributed by atoms with E-state index in [-0.39, 0.29) is 5.82 Å². The molecule has 1 saturated carbocycles. The summed E-state index contributed by atoms with van der Waals surface area (Å²) in [7, 11) is 0. The zero-order valence-corrected chi connectivity index (χ0v) is 15.5. The van der Waals surface area contributed by atoms with Crippen molar-refractivity contribution in [3.63, 3.8) is 0 Å². The summed E-state index contributed by atoms with van der Waals surface area (Å²) in [6.07, 6.45) is 7.25. The Labute approximate surface area is 154 Å². The molecule has 0 aromatic heterocycles. The topological polar surface area (TPSA) is 59.1 Å². The van der Waals surface area contributed by atoms with Gasteiger partial charge in [0.15, 0.2) is 19.0 Å². The predicted octanol–water partition coefficient (Wildman–Crippen LogP) is 3.52. The van der Waals surface area contributed by atoms with Crippen LogP contribution < -0.4 is 5.32 Å². The van der Waals surface area contributed by atoms with Crippen LogP contribution in [0.15, 0.2) is 41.7 Å². The van der Waals surface area contributed by atoms with Gasteiger partial charge in [-0.15, -0.1) is 0 Å². The Bertz CT molecular complexity index is 766. The van der Waals surface area contributed by atoms with Gasteiger partial charge in [-0.05, 0) is 66.6 Å². The van der Waals surface area contributed by atoms with Crippen molar-refractivity contribution >= 4 is 40.2 Å². The van der Waals surface area contributed by atoms with Gasteiger partial charge in [0.05, 0.1) is 11.4 Å². The van der Waals surface area contributed by atoms with Crippen molar-refractivity contribution in [2.45, 2.75) is 25.9 Å². The van der Waals surface area contributed by atoms with Gasteiger partial charge in [0, 0.05) is 15.2 Å². The fourth-order valence-corrected chi connectivity index (χ4v) is 3.17. The normalized spacial score (nSPS) is 18.4. The summed E-state index contributed by atoms with van der Waals surface area (Å²) in [6.45, 7) is 2.67. The van der Waals surface area contributed by atoms with Crippen molar-refractivity contribution in [3.05, 3.63) is 51.1 Å². The second-order valence-electron chi connectivity index (χ2n) is 6.33. The third-order valence-corrected chi connectivity index (χ3v) is 4.88. The minimum absolute atomic E-state index is 0.301. The monoisotopic (exact) mass is 440 g/mol. The van der Waals surface area contributed by atoms with E-state index < -0.39 is 6.10 Å². The number of rotatable bonds is 7. The van der Waals surface area contributed by atoms with Crippen LogP contribution in [0.3, 0.4) is 0 Å². The number of anilines is 1. The minimum Gasteiger partial charge on any atom is -0.382 e. The lowest BCUT2D eigenvalue weighted by Gasteiger charge is -2.20. The molecule has 1 aliphatic carbocycles. The van der Waals surface area contributed by atoms with Crippen LogP contribution in [0, 0.1) is 20.7 Å². The highest BCUT2D eigenvalue weighted by Crippen LogP contribution is 2.30. The molecule has 4 nitrogen and oxygen atoms in total. The van der Waals surface area contributed by atoms with Gasteiger partial charge >= 0.3 is 0 Å². The van der Waals surface area contributed by atoms with E-state index >= 15 is 0 Å². The molecule has 3 N–H and O–H groups in total. The zero-order valence-electron chi connectivity index (χ0n) is 13.4. The molecule has 0 radical (unpaired) electrons. The van der Waals surface area contributed by atoms with Crippen molar-refractivity contribution in [2.24, 2.45) is 5.92 Å². The molecule has 1 aromatic carbocycles. The molecule has 6 heteroatoms. The third-order valence-electron chi connectivity index (χ3n) is 3.99. The molecule has 24 heavy (non-hydrogen) atoms. The average Bonchev–Trinajstić information content (AvgIpc) is 3.27. The summed E-state index contributed by atoms with van der Waals surface area (Å²) in [5.74, 6) is 0.485. The number of hydrogen-bond donors (Lipinski definition) is 3. The summed E-state index contributed by atoms with van der Waals surface area (Å²) >= 11 is 2.04. The number of nitrogens with one attached hydrogen (secondary N) is 2. The summed E-state index contributed by atoms with van der Waals surface area (Å²) < 4.78 is 16.1. The number of benzene rings is 1. The number of halogens is 2. The van der Waals surface area contributed by atoms with Gasteiger partial charge in [-0.25, -0.2) is 8.97 Å². The first kappa shape index (κ1) is 17.3. The van der Waals surface area contributed by atoms with E-state index in [2.05, 4.69) is 9.89 Å². The Kier molecular flexibility index (Phi) is 5.15. The predicted molar refractivity (Wildman–Crippen MR) is 102 cm³/mol. The number of aliphatic hydroxyl groups excluding tert-OH is 1.